The van der Waals surface area contributed by atoms with E-state index < -0.39 is 0 Å². The third kappa shape index (κ3) is 5.43. The van der Waals surface area contributed by atoms with E-state index in [2.05, 4.69) is 58.3 Å². The first kappa shape index (κ1) is 23.9. The van der Waals surface area contributed by atoms with E-state index in [9.17, 15) is 9.59 Å². The molecule has 0 unspecified atom stereocenters. The van der Waals surface area contributed by atoms with Crippen molar-refractivity contribution < 1.29 is 4.79 Å². The highest BCUT2D eigenvalue weighted by Gasteiger charge is 2.19. The minimum Gasteiger partial charge on any atom is -0.347 e. The second-order valence-electron chi connectivity index (χ2n) is 8.37. The van der Waals surface area contributed by atoms with Gasteiger partial charge in [-0.15, -0.1) is 11.3 Å². The quantitative estimate of drug-likeness (QED) is 0.370. The van der Waals surface area contributed by atoms with E-state index in [0.717, 1.165) is 30.8 Å². The monoisotopic (exact) mass is 474 g/mol. The average Bonchev–Trinajstić information content (AvgIpc) is 3.19. The van der Waals surface area contributed by atoms with Crippen LogP contribution in [0.25, 0.3) is 10.2 Å². The van der Waals surface area contributed by atoms with Gasteiger partial charge >= 0.3 is 0 Å². The first-order valence-corrected chi connectivity index (χ1v) is 12.4. The van der Waals surface area contributed by atoms with Crippen LogP contribution in [0.15, 0.2) is 59.4 Å². The number of H-pyrrole nitrogens is 1. The number of carbonyl (C=O) groups is 1. The molecule has 0 saturated heterocycles. The number of fused-ring (bicyclic) bond motifs is 1. The topological polar surface area (TPSA) is 78.1 Å². The molecule has 176 valence electrons. The van der Waals surface area contributed by atoms with Crippen molar-refractivity contribution in [3.05, 3.63) is 97.9 Å². The van der Waals surface area contributed by atoms with Gasteiger partial charge in [-0.1, -0.05) is 68.4 Å². The molecule has 0 radical (unpaired) electrons. The molecule has 0 aliphatic rings. The molecule has 2 N–H and O–H groups in total. The average molecular weight is 475 g/mol. The fourth-order valence-corrected chi connectivity index (χ4v) is 5.13. The zero-order valence-corrected chi connectivity index (χ0v) is 20.7. The van der Waals surface area contributed by atoms with Gasteiger partial charge < -0.3 is 10.3 Å². The van der Waals surface area contributed by atoms with Gasteiger partial charge in [0, 0.05) is 19.5 Å². The fourth-order valence-electron chi connectivity index (χ4n) is 4.01. The lowest BCUT2D eigenvalue weighted by Crippen LogP contribution is -2.23. The van der Waals surface area contributed by atoms with Crippen molar-refractivity contribution in [3.8, 4) is 0 Å². The van der Waals surface area contributed by atoms with E-state index in [4.69, 9.17) is 0 Å². The Morgan fingerprint density at radius 1 is 1.00 bits per heavy atom. The number of nitrogens with one attached hydrogen (secondary N) is 2. The molecule has 4 rings (SSSR count). The maximum atomic E-state index is 12.9. The molecule has 0 bridgehead atoms. The Kier molecular flexibility index (Phi) is 7.55. The van der Waals surface area contributed by atoms with E-state index in [1.54, 1.807) is 0 Å². The lowest BCUT2D eigenvalue weighted by molar-refractivity contribution is 0.0954. The first-order valence-electron chi connectivity index (χ1n) is 11.6. The molecule has 7 heteroatoms. The van der Waals surface area contributed by atoms with Crippen molar-refractivity contribution in [2.75, 3.05) is 13.1 Å². The zero-order chi connectivity index (χ0) is 24.1. The van der Waals surface area contributed by atoms with Gasteiger partial charge in [0.25, 0.3) is 11.5 Å². The molecule has 2 aromatic heterocycles. The molecule has 2 heterocycles. The van der Waals surface area contributed by atoms with E-state index in [-0.39, 0.29) is 11.5 Å². The smallest absolute Gasteiger partial charge is 0.261 e. The second kappa shape index (κ2) is 10.8. The highest BCUT2D eigenvalue weighted by Crippen LogP contribution is 2.27. The Hall–Kier alpha value is -3.29. The summed E-state index contributed by atoms with van der Waals surface area (Å²) in [6.07, 6.45) is 0.536. The lowest BCUT2D eigenvalue weighted by atomic mass is 10.1. The molecule has 0 atom stereocenters. The van der Waals surface area contributed by atoms with Crippen LogP contribution in [0, 0.1) is 6.92 Å². The van der Waals surface area contributed by atoms with Gasteiger partial charge in [-0.2, -0.15) is 0 Å². The minimum atomic E-state index is -0.201. The van der Waals surface area contributed by atoms with Crippen LogP contribution in [-0.2, 0) is 19.5 Å². The maximum absolute atomic E-state index is 12.9. The number of carbonyl (C=O) groups excluding carboxylic acids is 1. The molecule has 6 nitrogen and oxygen atoms in total. The molecule has 1 amide bonds. The lowest BCUT2D eigenvalue weighted by Gasteiger charge is -2.18. The Balaban J connectivity index is 1.46. The van der Waals surface area contributed by atoms with Gasteiger partial charge in [-0.25, -0.2) is 4.98 Å². The zero-order valence-electron chi connectivity index (χ0n) is 19.9. The van der Waals surface area contributed by atoms with Gasteiger partial charge in [0.1, 0.15) is 10.7 Å². The van der Waals surface area contributed by atoms with Crippen LogP contribution in [0.2, 0.25) is 0 Å². The standard InChI is InChI=1S/C27H30N4O2S/c1-4-31(5-2)17-21-13-11-20(12-14-21)16-28-26(33)24-18(3)23-25(32)29-22(30-27(23)34-24)15-19-9-7-6-8-10-19/h6-14H,4-5,15-17H2,1-3H3,(H,28,33)(H,29,30,32). The van der Waals surface area contributed by atoms with Gasteiger partial charge in [0.05, 0.1) is 10.3 Å². The maximum Gasteiger partial charge on any atom is 0.261 e. The van der Waals surface area contributed by atoms with Crippen molar-refractivity contribution in [1.29, 1.82) is 0 Å². The number of hydrogen-bond donors (Lipinski definition) is 2. The van der Waals surface area contributed by atoms with Crippen molar-refractivity contribution in [1.82, 2.24) is 20.2 Å². The van der Waals surface area contributed by atoms with E-state index in [1.165, 1.54) is 16.9 Å². The number of nitrogens with zero attached hydrogens (tertiary/aromatic N) is 2. The van der Waals surface area contributed by atoms with Crippen LogP contribution in [0.5, 0.6) is 0 Å². The number of hydrogen-bond acceptors (Lipinski definition) is 5. The van der Waals surface area contributed by atoms with Gasteiger partial charge in [0.15, 0.2) is 0 Å². The largest absolute Gasteiger partial charge is 0.347 e. The van der Waals surface area contributed by atoms with Crippen molar-refractivity contribution in [2.45, 2.75) is 40.3 Å². The number of benzene rings is 2. The summed E-state index contributed by atoms with van der Waals surface area (Å²) in [4.78, 5) is 36.7. The summed E-state index contributed by atoms with van der Waals surface area (Å²) in [6.45, 7) is 9.54. The van der Waals surface area contributed by atoms with Crippen LogP contribution in [-0.4, -0.2) is 33.9 Å². The number of aromatic nitrogens is 2. The summed E-state index contributed by atoms with van der Waals surface area (Å²) in [6, 6.07) is 18.2. The number of thiophene rings is 1. The number of aryl methyl sites for hydroxylation is 1. The molecule has 0 fully saturated rings. The molecule has 0 aliphatic carbocycles. The summed E-state index contributed by atoms with van der Waals surface area (Å²) in [7, 11) is 0. The molecule has 34 heavy (non-hydrogen) atoms. The molecule has 2 aromatic carbocycles. The highest BCUT2D eigenvalue weighted by molar-refractivity contribution is 7.20. The fraction of sp³-hybridized carbons (Fsp3) is 0.296. The van der Waals surface area contributed by atoms with Crippen LogP contribution in [0.1, 0.15) is 51.6 Å². The predicted molar refractivity (Wildman–Crippen MR) is 138 cm³/mol. The second-order valence-corrected chi connectivity index (χ2v) is 9.37. The van der Waals surface area contributed by atoms with Crippen LogP contribution < -0.4 is 10.9 Å². The molecule has 4 aromatic rings. The third-order valence-corrected chi connectivity index (χ3v) is 7.23. The van der Waals surface area contributed by atoms with Crippen LogP contribution >= 0.6 is 11.3 Å². The summed E-state index contributed by atoms with van der Waals surface area (Å²) < 4.78 is 0. The summed E-state index contributed by atoms with van der Waals surface area (Å²) in [5.41, 5.74) is 3.84. The minimum absolute atomic E-state index is 0.184. The molecule has 0 saturated carbocycles. The van der Waals surface area contributed by atoms with Gasteiger partial charge in [-0.05, 0) is 42.3 Å². The molecular formula is C27H30N4O2S. The van der Waals surface area contributed by atoms with Crippen LogP contribution in [0.4, 0.5) is 0 Å². The summed E-state index contributed by atoms with van der Waals surface area (Å²) >= 11 is 1.27. The number of amides is 1. The molecule has 0 aliphatic heterocycles. The molecular weight excluding hydrogens is 444 g/mol. The Morgan fingerprint density at radius 3 is 2.35 bits per heavy atom. The SMILES string of the molecule is CCN(CC)Cc1ccc(CNC(=O)c2sc3nc(Cc4ccccc4)[nH]c(=O)c3c2C)cc1. The van der Waals surface area contributed by atoms with E-state index in [1.807, 2.05) is 37.3 Å². The number of aromatic amines is 1. The summed E-state index contributed by atoms with van der Waals surface area (Å²) in [5, 5.41) is 3.49. The molecule has 0 spiro atoms. The normalized spacial score (nSPS) is 11.3. The predicted octanol–water partition coefficient (Wildman–Crippen LogP) is 4.66. The highest BCUT2D eigenvalue weighted by atomic mass is 32.1. The van der Waals surface area contributed by atoms with E-state index >= 15 is 0 Å². The van der Waals surface area contributed by atoms with E-state index in [0.29, 0.717) is 39.4 Å². The summed E-state index contributed by atoms with van der Waals surface area (Å²) in [5.74, 6) is 0.415. The first-order chi connectivity index (χ1) is 16.5. The van der Waals surface area contributed by atoms with Crippen molar-refractivity contribution in [2.24, 2.45) is 0 Å². The Morgan fingerprint density at radius 2 is 1.68 bits per heavy atom. The van der Waals surface area contributed by atoms with Crippen molar-refractivity contribution in [3.63, 3.8) is 0 Å². The van der Waals surface area contributed by atoms with Gasteiger partial charge in [-0.3, -0.25) is 14.5 Å². The third-order valence-electron chi connectivity index (χ3n) is 6.05. The van der Waals surface area contributed by atoms with Gasteiger partial charge in [0.2, 0.25) is 0 Å². The van der Waals surface area contributed by atoms with Crippen LogP contribution in [0.3, 0.4) is 0 Å². The Bertz CT molecular complexity index is 1320. The van der Waals surface area contributed by atoms with Crippen molar-refractivity contribution >= 4 is 27.5 Å². The Labute approximate surface area is 203 Å². The number of rotatable bonds is 9.